The first kappa shape index (κ1) is 22.3. The molecule has 5 rings (SSSR count). The third kappa shape index (κ3) is 4.20. The van der Waals surface area contributed by atoms with Gasteiger partial charge < -0.3 is 19.6 Å². The van der Waals surface area contributed by atoms with E-state index in [1.165, 1.54) is 27.5 Å². The van der Waals surface area contributed by atoms with Crippen LogP contribution in [-0.2, 0) is 16.2 Å². The van der Waals surface area contributed by atoms with E-state index in [-0.39, 0.29) is 5.60 Å². The number of hydrogen-bond donors (Lipinski definition) is 1. The maximum absolute atomic E-state index is 11.5. The summed E-state index contributed by atoms with van der Waals surface area (Å²) in [7, 11) is 0. The number of carboxylic acid groups (broad SMARTS) is 1. The highest BCUT2D eigenvalue weighted by Crippen LogP contribution is 2.45. The number of nitrogens with zero attached hydrogens (tertiary/aromatic N) is 3. The molecule has 0 atom stereocenters. The van der Waals surface area contributed by atoms with Gasteiger partial charge in [-0.2, -0.15) is 0 Å². The lowest BCUT2D eigenvalue weighted by molar-refractivity contribution is -0.150. The summed E-state index contributed by atoms with van der Waals surface area (Å²) in [6, 6.07) is 4.57. The van der Waals surface area contributed by atoms with E-state index in [0.29, 0.717) is 25.4 Å². The van der Waals surface area contributed by atoms with E-state index in [2.05, 4.69) is 49.7 Å². The minimum atomic E-state index is -0.694. The average molecular weight is 553 g/mol. The molecule has 0 radical (unpaired) electrons. The maximum atomic E-state index is 11.5. The van der Waals surface area contributed by atoms with Gasteiger partial charge in [0.05, 0.1) is 22.0 Å². The topological polar surface area (TPSA) is 74.6 Å². The Balaban J connectivity index is 1.17. The van der Waals surface area contributed by atoms with Crippen LogP contribution in [0.5, 0.6) is 5.75 Å². The van der Waals surface area contributed by atoms with E-state index in [1.807, 2.05) is 13.8 Å². The number of ether oxygens (including phenoxy) is 1. The quantitative estimate of drug-likeness (QED) is 0.537. The summed E-state index contributed by atoms with van der Waals surface area (Å²) in [5, 5.41) is 13.9. The van der Waals surface area contributed by atoms with Gasteiger partial charge in [-0.05, 0) is 85.2 Å². The number of piperidine rings is 1. The molecule has 0 amide bonds. The zero-order valence-electron chi connectivity index (χ0n) is 18.9. The minimum Gasteiger partial charge on any atom is -0.493 e. The van der Waals surface area contributed by atoms with Crippen molar-refractivity contribution in [2.75, 3.05) is 32.8 Å². The summed E-state index contributed by atoms with van der Waals surface area (Å²) in [4.78, 5) is 22.1. The Bertz CT molecular complexity index is 931. The summed E-state index contributed by atoms with van der Waals surface area (Å²) in [5.74, 6) is 2.01. The number of hydrogen-bond acceptors (Lipinski definition) is 6. The lowest BCUT2D eigenvalue weighted by atomic mass is 9.80. The zero-order chi connectivity index (χ0) is 22.5. The van der Waals surface area contributed by atoms with Gasteiger partial charge in [0.25, 0.3) is 0 Å². The van der Waals surface area contributed by atoms with Crippen LogP contribution in [0.1, 0.15) is 63.0 Å². The molecule has 1 saturated carbocycles. The average Bonchev–Trinajstić information content (AvgIpc) is 3.49. The van der Waals surface area contributed by atoms with E-state index in [9.17, 15) is 9.90 Å². The number of rotatable bonds is 6. The van der Waals surface area contributed by atoms with E-state index < -0.39 is 11.4 Å². The fraction of sp³-hybridized carbons (Fsp3) is 0.667. The third-order valence-electron chi connectivity index (χ3n) is 7.45. The highest BCUT2D eigenvalue weighted by molar-refractivity contribution is 14.1. The van der Waals surface area contributed by atoms with Gasteiger partial charge in [0.1, 0.15) is 11.6 Å². The van der Waals surface area contributed by atoms with Gasteiger partial charge in [0.2, 0.25) is 0 Å². The number of aliphatic carboxylic acids is 1. The second kappa shape index (κ2) is 8.34. The van der Waals surface area contributed by atoms with Gasteiger partial charge >= 0.3 is 5.97 Å². The van der Waals surface area contributed by atoms with Gasteiger partial charge in [0.15, 0.2) is 5.60 Å². The lowest BCUT2D eigenvalue weighted by Gasteiger charge is -2.45. The fourth-order valence-corrected chi connectivity index (χ4v) is 6.08. The van der Waals surface area contributed by atoms with E-state index >= 15 is 0 Å². The molecule has 1 N–H and O–H groups in total. The minimum absolute atomic E-state index is 0.214. The summed E-state index contributed by atoms with van der Waals surface area (Å²) in [6.45, 7) is 8.68. The monoisotopic (exact) mass is 553 g/mol. The Morgan fingerprint density at radius 3 is 2.66 bits per heavy atom. The van der Waals surface area contributed by atoms with Crippen molar-refractivity contribution in [1.82, 2.24) is 9.80 Å². The van der Waals surface area contributed by atoms with Crippen LogP contribution in [-0.4, -0.2) is 65.1 Å². The number of oxime groups is 1. The molecule has 1 aromatic carbocycles. The molecule has 3 heterocycles. The maximum Gasteiger partial charge on any atom is 0.309 e. The first-order chi connectivity index (χ1) is 15.3. The number of carbonyl (C=O) groups is 1. The first-order valence-corrected chi connectivity index (χ1v) is 12.8. The molecule has 1 aromatic rings. The van der Waals surface area contributed by atoms with Gasteiger partial charge in [-0.25, -0.2) is 0 Å². The molecule has 32 heavy (non-hydrogen) atoms. The second-order valence-electron chi connectivity index (χ2n) is 10.2. The number of likely N-dealkylation sites (tertiary alicyclic amines) is 2. The predicted octanol–water partition coefficient (Wildman–Crippen LogP) is 4.04. The van der Waals surface area contributed by atoms with Gasteiger partial charge in [-0.3, -0.25) is 9.69 Å². The first-order valence-electron chi connectivity index (χ1n) is 11.7. The fourth-order valence-electron chi connectivity index (χ4n) is 5.17. The zero-order valence-corrected chi connectivity index (χ0v) is 21.1. The molecule has 1 aliphatic carbocycles. The van der Waals surface area contributed by atoms with Gasteiger partial charge in [-0.15, -0.1) is 0 Å². The molecule has 4 aliphatic rings. The molecule has 3 aliphatic heterocycles. The van der Waals surface area contributed by atoms with E-state index in [0.717, 1.165) is 50.7 Å². The van der Waals surface area contributed by atoms with E-state index in [1.54, 1.807) is 0 Å². The molecular formula is C24H32IN3O4. The molecule has 8 heteroatoms. The number of halogens is 1. The standard InChI is InChI=1S/C24H32IN3O4/c1-3-31-19-11-16(10-18(21(19)25)17-4-5-17)13-27-14-24(15-27)12-20(26-32-24)28-8-6-23(2,7-9-28)22(29)30/h10-11,17H,3-9,12-15H2,1-2H3,(H,29,30). The van der Waals surface area contributed by atoms with Crippen LogP contribution in [0.25, 0.3) is 0 Å². The van der Waals surface area contributed by atoms with Crippen molar-refractivity contribution in [3.63, 3.8) is 0 Å². The Kier molecular flexibility index (Phi) is 5.80. The second-order valence-corrected chi connectivity index (χ2v) is 11.2. The smallest absolute Gasteiger partial charge is 0.309 e. The number of benzene rings is 1. The van der Waals surface area contributed by atoms with Crippen LogP contribution >= 0.6 is 22.6 Å². The van der Waals surface area contributed by atoms with Crippen LogP contribution in [0.4, 0.5) is 0 Å². The highest BCUT2D eigenvalue weighted by Gasteiger charge is 2.51. The molecule has 174 valence electrons. The molecule has 1 spiro atoms. The lowest BCUT2D eigenvalue weighted by Crippen LogP contribution is -2.61. The van der Waals surface area contributed by atoms with Crippen molar-refractivity contribution in [1.29, 1.82) is 0 Å². The largest absolute Gasteiger partial charge is 0.493 e. The molecular weight excluding hydrogens is 521 g/mol. The van der Waals surface area contributed by atoms with Crippen molar-refractivity contribution in [2.24, 2.45) is 10.6 Å². The SMILES string of the molecule is CCOc1cc(CN2CC3(CC(N4CCC(C)(C(=O)O)CC4)=NO3)C2)cc(C2CC2)c1I. The Hall–Kier alpha value is -1.55. The summed E-state index contributed by atoms with van der Waals surface area (Å²) < 4.78 is 7.19. The normalized spacial score (nSPS) is 24.1. The summed E-state index contributed by atoms with van der Waals surface area (Å²) in [6.07, 6.45) is 4.69. The molecule has 7 nitrogen and oxygen atoms in total. The van der Waals surface area contributed by atoms with Crippen molar-refractivity contribution in [3.05, 3.63) is 26.8 Å². The molecule has 0 unspecified atom stereocenters. The Morgan fingerprint density at radius 2 is 2.03 bits per heavy atom. The number of amidine groups is 1. The third-order valence-corrected chi connectivity index (χ3v) is 8.60. The van der Waals surface area contributed by atoms with Crippen molar-refractivity contribution in [2.45, 2.75) is 64.0 Å². The van der Waals surface area contributed by atoms with Crippen LogP contribution in [0.2, 0.25) is 0 Å². The molecule has 2 saturated heterocycles. The number of carboxylic acids is 1. The summed E-state index contributed by atoms with van der Waals surface area (Å²) in [5.41, 5.74) is 1.93. The Labute approximate surface area is 203 Å². The van der Waals surface area contributed by atoms with Crippen molar-refractivity contribution < 1.29 is 19.5 Å². The van der Waals surface area contributed by atoms with Crippen molar-refractivity contribution >= 4 is 34.4 Å². The van der Waals surface area contributed by atoms with E-state index in [4.69, 9.17) is 9.57 Å². The molecule has 0 aromatic heterocycles. The highest BCUT2D eigenvalue weighted by atomic mass is 127. The van der Waals surface area contributed by atoms with Crippen molar-refractivity contribution in [3.8, 4) is 5.75 Å². The van der Waals surface area contributed by atoms with Crippen LogP contribution < -0.4 is 4.74 Å². The predicted molar refractivity (Wildman–Crippen MR) is 130 cm³/mol. The van der Waals surface area contributed by atoms with Gasteiger partial charge in [-0.1, -0.05) is 11.2 Å². The van der Waals surface area contributed by atoms with Gasteiger partial charge in [0, 0.05) is 32.7 Å². The summed E-state index contributed by atoms with van der Waals surface area (Å²) >= 11 is 2.44. The van der Waals surface area contributed by atoms with Crippen LogP contribution in [0.3, 0.4) is 0 Å². The molecule has 3 fully saturated rings. The molecule has 0 bridgehead atoms. The van der Waals surface area contributed by atoms with Crippen LogP contribution in [0.15, 0.2) is 17.3 Å². The van der Waals surface area contributed by atoms with Crippen LogP contribution in [0, 0.1) is 8.99 Å². The Morgan fingerprint density at radius 1 is 1.31 bits per heavy atom.